The minimum atomic E-state index is -0.458. The maximum Gasteiger partial charge on any atom is 0.410 e. The molecule has 0 bridgehead atoms. The lowest BCUT2D eigenvalue weighted by Crippen LogP contribution is -2.36. The smallest absolute Gasteiger partial charge is 0.410 e. The first-order valence-corrected chi connectivity index (χ1v) is 8.09. The third-order valence-electron chi connectivity index (χ3n) is 3.90. The van der Waals surface area contributed by atoms with Crippen molar-refractivity contribution in [3.05, 3.63) is 34.9 Å². The number of likely N-dealkylation sites (tertiary alicyclic amines) is 1. The molecule has 4 nitrogen and oxygen atoms in total. The van der Waals surface area contributed by atoms with E-state index in [0.29, 0.717) is 12.5 Å². The van der Waals surface area contributed by atoms with Gasteiger partial charge in [0.2, 0.25) is 0 Å². The Morgan fingerprint density at radius 3 is 2.68 bits per heavy atom. The molecular weight excluding hydrogens is 300 g/mol. The molecule has 1 saturated heterocycles. The van der Waals surface area contributed by atoms with Gasteiger partial charge in [0.05, 0.1) is 0 Å². The van der Waals surface area contributed by atoms with Crippen molar-refractivity contribution < 1.29 is 9.53 Å². The molecule has 22 heavy (non-hydrogen) atoms. The summed E-state index contributed by atoms with van der Waals surface area (Å²) in [5.74, 6) is 0.331. The Morgan fingerprint density at radius 1 is 1.41 bits per heavy atom. The van der Waals surface area contributed by atoms with Crippen LogP contribution in [0.1, 0.15) is 38.8 Å². The summed E-state index contributed by atoms with van der Waals surface area (Å²) in [4.78, 5) is 14.0. The Kier molecular flexibility index (Phi) is 5.35. The minimum absolute atomic E-state index is 0.140. The van der Waals surface area contributed by atoms with Gasteiger partial charge >= 0.3 is 6.09 Å². The summed E-state index contributed by atoms with van der Waals surface area (Å²) in [6, 6.07) is 8.01. The number of rotatable bonds is 3. The maximum absolute atomic E-state index is 12.2. The predicted molar refractivity (Wildman–Crippen MR) is 89.2 cm³/mol. The highest BCUT2D eigenvalue weighted by molar-refractivity contribution is 6.31. The zero-order valence-corrected chi connectivity index (χ0v) is 14.5. The minimum Gasteiger partial charge on any atom is -0.444 e. The molecule has 0 aromatic heterocycles. The summed E-state index contributed by atoms with van der Waals surface area (Å²) in [7, 11) is 1.93. The van der Waals surface area contributed by atoms with Crippen LogP contribution in [0.3, 0.4) is 0 Å². The number of carbonyl (C=O) groups is 1. The lowest BCUT2D eigenvalue weighted by atomic mass is 9.92. The molecule has 1 aromatic carbocycles. The number of carbonyl (C=O) groups excluding carboxylic acids is 1. The van der Waals surface area contributed by atoms with Crippen molar-refractivity contribution in [2.45, 2.75) is 38.8 Å². The number of nitrogens with one attached hydrogen (secondary N) is 1. The summed E-state index contributed by atoms with van der Waals surface area (Å²) >= 11 is 6.32. The summed E-state index contributed by atoms with van der Waals surface area (Å²) in [6.45, 7) is 7.07. The molecule has 2 atom stereocenters. The van der Waals surface area contributed by atoms with Gasteiger partial charge < -0.3 is 15.0 Å². The second-order valence-electron chi connectivity index (χ2n) is 6.76. The molecule has 0 saturated carbocycles. The SMILES string of the molecule is CNC(c1ccccc1Cl)C1CCN(C(=O)OC(C)(C)C)C1. The van der Waals surface area contributed by atoms with E-state index in [1.807, 2.05) is 52.1 Å². The molecule has 1 amide bonds. The second-order valence-corrected chi connectivity index (χ2v) is 7.17. The van der Waals surface area contributed by atoms with Crippen LogP contribution in [-0.4, -0.2) is 36.7 Å². The average Bonchev–Trinajstić information content (AvgIpc) is 2.89. The van der Waals surface area contributed by atoms with E-state index in [1.165, 1.54) is 0 Å². The van der Waals surface area contributed by atoms with Gasteiger partial charge in [-0.25, -0.2) is 4.79 Å². The zero-order chi connectivity index (χ0) is 16.3. The Labute approximate surface area is 137 Å². The van der Waals surface area contributed by atoms with Crippen LogP contribution < -0.4 is 5.32 Å². The van der Waals surface area contributed by atoms with Gasteiger partial charge in [-0.2, -0.15) is 0 Å². The third-order valence-corrected chi connectivity index (χ3v) is 4.24. The molecule has 1 fully saturated rings. The summed E-state index contributed by atoms with van der Waals surface area (Å²) < 4.78 is 5.45. The van der Waals surface area contributed by atoms with E-state index in [4.69, 9.17) is 16.3 Å². The van der Waals surface area contributed by atoms with Crippen LogP contribution in [0.15, 0.2) is 24.3 Å². The topological polar surface area (TPSA) is 41.6 Å². The first kappa shape index (κ1) is 17.1. The number of nitrogens with zero attached hydrogens (tertiary/aromatic N) is 1. The molecule has 1 aliphatic rings. The average molecular weight is 325 g/mol. The number of hydrogen-bond donors (Lipinski definition) is 1. The fourth-order valence-corrected chi connectivity index (χ4v) is 3.18. The fourth-order valence-electron chi connectivity index (χ4n) is 2.92. The second kappa shape index (κ2) is 6.88. The molecular formula is C17H25ClN2O2. The van der Waals surface area contributed by atoms with E-state index in [2.05, 4.69) is 5.32 Å². The molecule has 2 rings (SSSR count). The summed E-state index contributed by atoms with van der Waals surface area (Å²) in [5.41, 5.74) is 0.628. The first-order valence-electron chi connectivity index (χ1n) is 7.71. The van der Waals surface area contributed by atoms with Gasteiger partial charge in [0.25, 0.3) is 0 Å². The Hall–Kier alpha value is -1.26. The summed E-state index contributed by atoms with van der Waals surface area (Å²) in [6.07, 6.45) is 0.708. The highest BCUT2D eigenvalue weighted by Gasteiger charge is 2.34. The van der Waals surface area contributed by atoms with Crippen molar-refractivity contribution in [2.24, 2.45) is 5.92 Å². The Balaban J connectivity index is 2.05. The highest BCUT2D eigenvalue weighted by atomic mass is 35.5. The van der Waals surface area contributed by atoms with Gasteiger partial charge in [0.1, 0.15) is 5.60 Å². The van der Waals surface area contributed by atoms with Crippen LogP contribution in [0.5, 0.6) is 0 Å². The van der Waals surface area contributed by atoms with E-state index < -0.39 is 5.60 Å². The highest BCUT2D eigenvalue weighted by Crippen LogP contribution is 2.33. The van der Waals surface area contributed by atoms with Crippen molar-refractivity contribution in [3.63, 3.8) is 0 Å². The lowest BCUT2D eigenvalue weighted by molar-refractivity contribution is 0.0285. The van der Waals surface area contributed by atoms with Crippen LogP contribution in [0, 0.1) is 5.92 Å². The van der Waals surface area contributed by atoms with Crippen molar-refractivity contribution in [1.82, 2.24) is 10.2 Å². The van der Waals surface area contributed by atoms with Crippen molar-refractivity contribution in [1.29, 1.82) is 0 Å². The molecule has 1 N–H and O–H groups in total. The van der Waals surface area contributed by atoms with Crippen LogP contribution in [-0.2, 0) is 4.74 Å². The molecule has 1 heterocycles. The number of hydrogen-bond acceptors (Lipinski definition) is 3. The lowest BCUT2D eigenvalue weighted by Gasteiger charge is -2.26. The van der Waals surface area contributed by atoms with Gasteiger partial charge in [-0.3, -0.25) is 0 Å². The number of benzene rings is 1. The van der Waals surface area contributed by atoms with Crippen LogP contribution >= 0.6 is 11.6 Å². The van der Waals surface area contributed by atoms with Crippen molar-refractivity contribution >= 4 is 17.7 Å². The Bertz CT molecular complexity index is 528. The third kappa shape index (κ3) is 4.14. The largest absolute Gasteiger partial charge is 0.444 e. The maximum atomic E-state index is 12.2. The molecule has 1 aromatic rings. The van der Waals surface area contributed by atoms with Gasteiger partial charge in [-0.05, 0) is 51.8 Å². The monoisotopic (exact) mass is 324 g/mol. The van der Waals surface area contributed by atoms with Crippen LogP contribution in [0.2, 0.25) is 5.02 Å². The van der Waals surface area contributed by atoms with E-state index >= 15 is 0 Å². The van der Waals surface area contributed by atoms with Gasteiger partial charge in [0.15, 0.2) is 0 Å². The number of halogens is 1. The van der Waals surface area contributed by atoms with Crippen molar-refractivity contribution in [2.75, 3.05) is 20.1 Å². The molecule has 0 radical (unpaired) electrons. The molecule has 0 spiro atoms. The predicted octanol–water partition coefficient (Wildman–Crippen LogP) is 3.86. The van der Waals surface area contributed by atoms with Crippen LogP contribution in [0.25, 0.3) is 0 Å². The van der Waals surface area contributed by atoms with E-state index in [1.54, 1.807) is 4.90 Å². The van der Waals surface area contributed by atoms with E-state index in [9.17, 15) is 4.79 Å². The van der Waals surface area contributed by atoms with Crippen molar-refractivity contribution in [3.8, 4) is 0 Å². The quantitative estimate of drug-likeness (QED) is 0.918. The number of ether oxygens (including phenoxy) is 1. The molecule has 5 heteroatoms. The fraction of sp³-hybridized carbons (Fsp3) is 0.588. The molecule has 122 valence electrons. The molecule has 0 aliphatic carbocycles. The molecule has 2 unspecified atom stereocenters. The normalized spacial score (nSPS) is 20.0. The molecule has 1 aliphatic heterocycles. The first-order chi connectivity index (χ1) is 10.3. The van der Waals surface area contributed by atoms with Gasteiger partial charge in [-0.15, -0.1) is 0 Å². The number of amides is 1. The zero-order valence-electron chi connectivity index (χ0n) is 13.7. The Morgan fingerprint density at radius 2 is 2.09 bits per heavy atom. The van der Waals surface area contributed by atoms with E-state index in [0.717, 1.165) is 23.6 Å². The summed E-state index contributed by atoms with van der Waals surface area (Å²) in [5, 5.41) is 4.11. The van der Waals surface area contributed by atoms with Gasteiger partial charge in [-0.1, -0.05) is 29.8 Å². The standard InChI is InChI=1S/C17H25ClN2O2/c1-17(2,3)22-16(21)20-10-9-12(11-20)15(19-4)13-7-5-6-8-14(13)18/h5-8,12,15,19H,9-11H2,1-4H3. The van der Waals surface area contributed by atoms with Crippen LogP contribution in [0.4, 0.5) is 4.79 Å². The van der Waals surface area contributed by atoms with E-state index in [-0.39, 0.29) is 12.1 Å². The van der Waals surface area contributed by atoms with Gasteiger partial charge in [0, 0.05) is 24.2 Å².